The highest BCUT2D eigenvalue weighted by molar-refractivity contribution is 5.75. The Morgan fingerprint density at radius 3 is 2.56 bits per heavy atom. The molecule has 0 heterocycles. The van der Waals surface area contributed by atoms with E-state index in [0.717, 1.165) is 0 Å². The van der Waals surface area contributed by atoms with Gasteiger partial charge in [0.1, 0.15) is 6.04 Å². The Labute approximate surface area is 52.9 Å². The first kappa shape index (κ1) is 7.94. The first-order chi connectivity index (χ1) is 4.22. The van der Waals surface area contributed by atoms with Gasteiger partial charge < -0.3 is 10.4 Å². The summed E-state index contributed by atoms with van der Waals surface area (Å²) in [5.74, 6) is -0.996. The molecule has 1 amide bonds. The van der Waals surface area contributed by atoms with Crippen LogP contribution in [0.15, 0.2) is 0 Å². The van der Waals surface area contributed by atoms with Crippen molar-refractivity contribution in [2.45, 2.75) is 19.4 Å². The van der Waals surface area contributed by atoms with E-state index in [1.54, 1.807) is 6.92 Å². The van der Waals surface area contributed by atoms with Crippen molar-refractivity contribution in [3.8, 4) is 0 Å². The van der Waals surface area contributed by atoms with E-state index >= 15 is 0 Å². The molecule has 2 N–H and O–H groups in total. The van der Waals surface area contributed by atoms with E-state index in [1.807, 2.05) is 0 Å². The van der Waals surface area contributed by atoms with Crippen LogP contribution >= 0.6 is 0 Å². The monoisotopic (exact) mass is 131 g/mol. The summed E-state index contributed by atoms with van der Waals surface area (Å²) in [7, 11) is 0. The van der Waals surface area contributed by atoms with Gasteiger partial charge in [-0.15, -0.1) is 0 Å². The van der Waals surface area contributed by atoms with Gasteiger partial charge in [-0.1, -0.05) is 6.92 Å². The summed E-state index contributed by atoms with van der Waals surface area (Å²) < 4.78 is 0. The number of hydrogen-bond acceptors (Lipinski definition) is 2. The zero-order valence-corrected chi connectivity index (χ0v) is 5.13. The van der Waals surface area contributed by atoms with Gasteiger partial charge in [0.2, 0.25) is 6.41 Å². The molecule has 0 aliphatic carbocycles. The molecule has 0 saturated carbocycles. The number of hydrogen-bond donors (Lipinski definition) is 2. The van der Waals surface area contributed by atoms with Crippen LogP contribution in [0, 0.1) is 0 Å². The summed E-state index contributed by atoms with van der Waals surface area (Å²) >= 11 is 0. The minimum atomic E-state index is -0.996. The van der Waals surface area contributed by atoms with Gasteiger partial charge >= 0.3 is 5.97 Å². The average Bonchev–Trinajstić information content (AvgIpc) is 1.82. The van der Waals surface area contributed by atoms with Crippen molar-refractivity contribution < 1.29 is 14.7 Å². The molecule has 4 nitrogen and oxygen atoms in total. The molecule has 9 heavy (non-hydrogen) atoms. The van der Waals surface area contributed by atoms with Gasteiger partial charge in [0.15, 0.2) is 0 Å². The van der Waals surface area contributed by atoms with Crippen LogP contribution in [0.3, 0.4) is 0 Å². The second-order valence-electron chi connectivity index (χ2n) is 1.58. The van der Waals surface area contributed by atoms with E-state index in [2.05, 4.69) is 5.32 Å². The Balaban J connectivity index is 3.67. The lowest BCUT2D eigenvalue weighted by atomic mass is 10.2. The van der Waals surface area contributed by atoms with Crippen LogP contribution in [0.4, 0.5) is 0 Å². The molecule has 0 saturated heterocycles. The second kappa shape index (κ2) is 3.88. The number of carboxylic acids is 1. The maximum absolute atomic E-state index is 10.1. The number of carbonyl (C=O) groups is 2. The van der Waals surface area contributed by atoms with Crippen LogP contribution in [-0.2, 0) is 9.59 Å². The Kier molecular flexibility index (Phi) is 3.43. The van der Waals surface area contributed by atoms with E-state index < -0.39 is 12.0 Å². The lowest BCUT2D eigenvalue weighted by molar-refractivity contribution is -0.140. The highest BCUT2D eigenvalue weighted by atomic mass is 16.4. The Morgan fingerprint density at radius 1 is 1.89 bits per heavy atom. The summed E-state index contributed by atoms with van der Waals surface area (Å²) in [5.41, 5.74) is 0. The van der Waals surface area contributed by atoms with E-state index in [1.165, 1.54) is 0 Å². The lowest BCUT2D eigenvalue weighted by Crippen LogP contribution is -2.34. The standard InChI is InChI=1S/C5H9NO3/c1-2-4(5(8)9)6-3-7/h3-4H,2H2,1H3,(H,6,7)(H,8,9)/t4-/m0/s1. The number of amides is 1. The predicted molar refractivity (Wildman–Crippen MR) is 30.9 cm³/mol. The van der Waals surface area contributed by atoms with Gasteiger partial charge in [0, 0.05) is 0 Å². The van der Waals surface area contributed by atoms with Crippen molar-refractivity contribution in [2.24, 2.45) is 0 Å². The molecule has 0 aliphatic heterocycles. The molecular weight excluding hydrogens is 122 g/mol. The number of rotatable bonds is 4. The van der Waals surface area contributed by atoms with Crippen molar-refractivity contribution in [1.82, 2.24) is 5.32 Å². The number of aliphatic carboxylic acids is 1. The molecule has 0 unspecified atom stereocenters. The summed E-state index contributed by atoms with van der Waals surface area (Å²) in [6.07, 6.45) is 0.802. The third kappa shape index (κ3) is 2.69. The number of carbonyl (C=O) groups excluding carboxylic acids is 1. The SMILES string of the molecule is CC[C@H](NC=O)C(=O)O. The molecule has 0 aliphatic rings. The highest BCUT2D eigenvalue weighted by Crippen LogP contribution is 1.87. The minimum Gasteiger partial charge on any atom is -0.480 e. The maximum Gasteiger partial charge on any atom is 0.326 e. The third-order valence-corrected chi connectivity index (χ3v) is 0.976. The average molecular weight is 131 g/mol. The van der Waals surface area contributed by atoms with E-state index in [0.29, 0.717) is 12.8 Å². The molecule has 0 fully saturated rings. The van der Waals surface area contributed by atoms with Gasteiger partial charge in [0.05, 0.1) is 0 Å². The Hall–Kier alpha value is -1.06. The zero-order chi connectivity index (χ0) is 7.28. The van der Waals surface area contributed by atoms with Crippen molar-refractivity contribution in [3.63, 3.8) is 0 Å². The number of carboxylic acid groups (broad SMARTS) is 1. The van der Waals surface area contributed by atoms with E-state index in [-0.39, 0.29) is 0 Å². The van der Waals surface area contributed by atoms with Crippen molar-refractivity contribution in [2.75, 3.05) is 0 Å². The topological polar surface area (TPSA) is 66.4 Å². The van der Waals surface area contributed by atoms with Crippen LogP contribution in [-0.4, -0.2) is 23.5 Å². The van der Waals surface area contributed by atoms with Crippen LogP contribution < -0.4 is 5.32 Å². The van der Waals surface area contributed by atoms with Gasteiger partial charge in [-0.3, -0.25) is 4.79 Å². The Bertz CT molecular complexity index is 113. The van der Waals surface area contributed by atoms with Crippen LogP contribution in [0.25, 0.3) is 0 Å². The number of nitrogens with one attached hydrogen (secondary N) is 1. The normalized spacial score (nSPS) is 12.1. The molecule has 0 bridgehead atoms. The highest BCUT2D eigenvalue weighted by Gasteiger charge is 2.11. The van der Waals surface area contributed by atoms with Gasteiger partial charge in [0.25, 0.3) is 0 Å². The molecule has 0 radical (unpaired) electrons. The summed E-state index contributed by atoms with van der Waals surface area (Å²) in [5, 5.41) is 10.4. The molecule has 0 spiro atoms. The molecule has 0 aromatic heterocycles. The molecule has 0 aromatic carbocycles. The molecule has 0 rings (SSSR count). The fourth-order valence-electron chi connectivity index (χ4n) is 0.446. The molecule has 4 heteroatoms. The van der Waals surface area contributed by atoms with Gasteiger partial charge in [-0.05, 0) is 6.42 Å². The molecular formula is C5H9NO3. The predicted octanol–water partition coefficient (Wildman–Crippen LogP) is -0.404. The molecule has 0 aromatic rings. The van der Waals surface area contributed by atoms with Crippen LogP contribution in [0.1, 0.15) is 13.3 Å². The summed E-state index contributed by atoms with van der Waals surface area (Å²) in [6.45, 7) is 1.69. The van der Waals surface area contributed by atoms with Crippen molar-refractivity contribution in [1.29, 1.82) is 0 Å². The van der Waals surface area contributed by atoms with Gasteiger partial charge in [-0.25, -0.2) is 4.79 Å². The third-order valence-electron chi connectivity index (χ3n) is 0.976. The molecule has 1 atom stereocenters. The summed E-state index contributed by atoms with van der Waals surface area (Å²) in [4.78, 5) is 19.8. The first-order valence-electron chi connectivity index (χ1n) is 2.64. The molecule has 52 valence electrons. The fraction of sp³-hybridized carbons (Fsp3) is 0.600. The minimum absolute atomic E-state index is 0.391. The van der Waals surface area contributed by atoms with Crippen molar-refractivity contribution in [3.05, 3.63) is 0 Å². The zero-order valence-electron chi connectivity index (χ0n) is 5.13. The maximum atomic E-state index is 10.1. The largest absolute Gasteiger partial charge is 0.480 e. The first-order valence-corrected chi connectivity index (χ1v) is 2.64. The van der Waals surface area contributed by atoms with E-state index in [9.17, 15) is 9.59 Å². The van der Waals surface area contributed by atoms with Crippen molar-refractivity contribution >= 4 is 12.4 Å². The smallest absolute Gasteiger partial charge is 0.326 e. The van der Waals surface area contributed by atoms with Crippen LogP contribution in [0.2, 0.25) is 0 Å². The second-order valence-corrected chi connectivity index (χ2v) is 1.58. The van der Waals surface area contributed by atoms with Gasteiger partial charge in [-0.2, -0.15) is 0 Å². The Morgan fingerprint density at radius 2 is 2.44 bits per heavy atom. The quantitative estimate of drug-likeness (QED) is 0.510. The summed E-state index contributed by atoms with van der Waals surface area (Å²) in [6, 6.07) is -0.734. The fourth-order valence-corrected chi connectivity index (χ4v) is 0.446. The lowest BCUT2D eigenvalue weighted by Gasteiger charge is -2.05. The van der Waals surface area contributed by atoms with Crippen LogP contribution in [0.5, 0.6) is 0 Å². The van der Waals surface area contributed by atoms with E-state index in [4.69, 9.17) is 5.11 Å².